The third kappa shape index (κ3) is 2.25. The van der Waals surface area contributed by atoms with E-state index in [1.54, 1.807) is 24.2 Å². The van der Waals surface area contributed by atoms with E-state index in [9.17, 15) is 4.79 Å². The number of nitrogens with zero attached hydrogens (tertiary/aromatic N) is 3. The van der Waals surface area contributed by atoms with Crippen LogP contribution >= 0.6 is 0 Å². The van der Waals surface area contributed by atoms with Crippen molar-refractivity contribution in [2.75, 3.05) is 37.0 Å². The summed E-state index contributed by atoms with van der Waals surface area (Å²) in [6.45, 7) is 1.56. The summed E-state index contributed by atoms with van der Waals surface area (Å²) in [6.07, 6.45) is 1.73. The maximum absolute atomic E-state index is 12.7. The number of aromatic nitrogens is 1. The van der Waals surface area contributed by atoms with Crippen LogP contribution in [0, 0.1) is 0 Å². The van der Waals surface area contributed by atoms with Crippen LogP contribution in [-0.4, -0.2) is 38.1 Å². The molecule has 0 atom stereocenters. The Kier molecular flexibility index (Phi) is 3.58. The molecule has 5 heteroatoms. The first-order chi connectivity index (χ1) is 10.2. The minimum Gasteiger partial charge on any atom is -0.323 e. The first kappa shape index (κ1) is 13.6. The molecule has 1 amide bonds. The number of fused-ring (bicyclic) bond motifs is 2. The fourth-order valence-corrected chi connectivity index (χ4v) is 2.61. The number of rotatable bonds is 3. The van der Waals surface area contributed by atoms with Crippen molar-refractivity contribution < 1.29 is 4.79 Å². The number of amides is 1. The Bertz CT molecular complexity index is 671. The third-order valence-corrected chi connectivity index (χ3v) is 3.70. The quantitative estimate of drug-likeness (QED) is 0.936. The molecule has 21 heavy (non-hydrogen) atoms. The number of benzene rings is 1. The smallest absolute Gasteiger partial charge is 0.261 e. The fourth-order valence-electron chi connectivity index (χ4n) is 2.61. The second-order valence-corrected chi connectivity index (χ2v) is 4.98. The summed E-state index contributed by atoms with van der Waals surface area (Å²) in [6, 6.07) is 11.6. The number of anilines is 3. The molecule has 0 fully saturated rings. The highest BCUT2D eigenvalue weighted by atomic mass is 16.2. The highest BCUT2D eigenvalue weighted by Gasteiger charge is 2.29. The zero-order valence-corrected chi connectivity index (χ0v) is 12.2. The lowest BCUT2D eigenvalue weighted by Gasteiger charge is -2.25. The number of pyridine rings is 1. The van der Waals surface area contributed by atoms with E-state index in [-0.39, 0.29) is 5.91 Å². The zero-order valence-electron chi connectivity index (χ0n) is 12.2. The molecule has 1 aliphatic rings. The van der Waals surface area contributed by atoms with Gasteiger partial charge in [-0.1, -0.05) is 12.1 Å². The molecule has 1 aromatic carbocycles. The molecular weight excluding hydrogens is 264 g/mol. The van der Waals surface area contributed by atoms with Gasteiger partial charge in [-0.25, -0.2) is 4.98 Å². The molecule has 2 heterocycles. The van der Waals surface area contributed by atoms with E-state index >= 15 is 0 Å². The highest BCUT2D eigenvalue weighted by molar-refractivity contribution is 6.12. The summed E-state index contributed by atoms with van der Waals surface area (Å²) < 4.78 is 0. The van der Waals surface area contributed by atoms with Crippen LogP contribution in [-0.2, 0) is 0 Å². The molecule has 0 unspecified atom stereocenters. The van der Waals surface area contributed by atoms with Gasteiger partial charge >= 0.3 is 0 Å². The molecular formula is C16H18N4O. The lowest BCUT2D eigenvalue weighted by Crippen LogP contribution is -2.28. The summed E-state index contributed by atoms with van der Waals surface area (Å²) >= 11 is 0. The molecule has 1 aromatic heterocycles. The minimum absolute atomic E-state index is 0.0301. The molecule has 0 spiro atoms. The Morgan fingerprint density at radius 2 is 1.90 bits per heavy atom. The van der Waals surface area contributed by atoms with Gasteiger partial charge in [-0.15, -0.1) is 0 Å². The van der Waals surface area contributed by atoms with Crippen LogP contribution in [0.2, 0.25) is 0 Å². The van der Waals surface area contributed by atoms with Gasteiger partial charge in [0.15, 0.2) is 0 Å². The van der Waals surface area contributed by atoms with E-state index in [4.69, 9.17) is 0 Å². The van der Waals surface area contributed by atoms with Crippen LogP contribution in [0.5, 0.6) is 0 Å². The van der Waals surface area contributed by atoms with Gasteiger partial charge in [0.1, 0.15) is 5.82 Å². The Morgan fingerprint density at radius 3 is 2.67 bits per heavy atom. The lowest BCUT2D eigenvalue weighted by atomic mass is 10.2. The Hall–Kier alpha value is -2.40. The molecule has 0 bridgehead atoms. The molecule has 3 rings (SSSR count). The van der Waals surface area contributed by atoms with E-state index in [0.29, 0.717) is 5.56 Å². The minimum atomic E-state index is -0.0301. The van der Waals surface area contributed by atoms with E-state index in [1.165, 1.54) is 0 Å². The van der Waals surface area contributed by atoms with Crippen LogP contribution in [0.3, 0.4) is 0 Å². The molecule has 0 saturated heterocycles. The SMILES string of the molecule is CNCCN1c2ccccc2N(C)C(=O)c2cccnc21. The summed E-state index contributed by atoms with van der Waals surface area (Å²) in [5, 5.41) is 3.15. The van der Waals surface area contributed by atoms with E-state index in [0.717, 1.165) is 30.3 Å². The van der Waals surface area contributed by atoms with Crippen LogP contribution in [0.15, 0.2) is 42.6 Å². The van der Waals surface area contributed by atoms with E-state index in [1.807, 2.05) is 37.4 Å². The molecule has 0 saturated carbocycles. The second kappa shape index (κ2) is 5.54. The number of hydrogen-bond donors (Lipinski definition) is 1. The molecule has 2 aromatic rings. The summed E-state index contributed by atoms with van der Waals surface area (Å²) in [5.41, 5.74) is 2.53. The van der Waals surface area contributed by atoms with Crippen molar-refractivity contribution in [2.45, 2.75) is 0 Å². The predicted molar refractivity (Wildman–Crippen MR) is 84.3 cm³/mol. The predicted octanol–water partition coefficient (Wildman–Crippen LogP) is 2.03. The first-order valence-electron chi connectivity index (χ1n) is 6.98. The van der Waals surface area contributed by atoms with Crippen LogP contribution in [0.4, 0.5) is 17.2 Å². The Balaban J connectivity index is 2.21. The zero-order chi connectivity index (χ0) is 14.8. The summed E-state index contributed by atoms with van der Waals surface area (Å²) in [4.78, 5) is 20.9. The topological polar surface area (TPSA) is 48.5 Å². The van der Waals surface area contributed by atoms with Gasteiger partial charge in [0.25, 0.3) is 5.91 Å². The van der Waals surface area contributed by atoms with Gasteiger partial charge in [-0.2, -0.15) is 0 Å². The average molecular weight is 282 g/mol. The summed E-state index contributed by atoms with van der Waals surface area (Å²) in [5.74, 6) is 0.687. The van der Waals surface area contributed by atoms with E-state index < -0.39 is 0 Å². The number of hydrogen-bond acceptors (Lipinski definition) is 4. The fraction of sp³-hybridized carbons (Fsp3) is 0.250. The largest absolute Gasteiger partial charge is 0.323 e. The third-order valence-electron chi connectivity index (χ3n) is 3.70. The number of carbonyl (C=O) groups excluding carboxylic acids is 1. The van der Waals surface area contributed by atoms with Crippen molar-refractivity contribution in [3.8, 4) is 0 Å². The van der Waals surface area contributed by atoms with Gasteiger partial charge in [-0.3, -0.25) is 4.79 Å². The van der Waals surface area contributed by atoms with Crippen molar-refractivity contribution >= 4 is 23.1 Å². The molecule has 0 radical (unpaired) electrons. The van der Waals surface area contributed by atoms with Crippen molar-refractivity contribution in [1.82, 2.24) is 10.3 Å². The molecule has 0 aliphatic carbocycles. The van der Waals surface area contributed by atoms with Crippen LogP contribution in [0.1, 0.15) is 10.4 Å². The normalized spacial score (nSPS) is 13.7. The van der Waals surface area contributed by atoms with Crippen molar-refractivity contribution in [2.24, 2.45) is 0 Å². The number of carbonyl (C=O) groups is 1. The monoisotopic (exact) mass is 282 g/mol. The van der Waals surface area contributed by atoms with Crippen LogP contribution < -0.4 is 15.1 Å². The number of likely N-dealkylation sites (N-methyl/N-ethyl adjacent to an activating group) is 1. The maximum atomic E-state index is 12.7. The lowest BCUT2D eigenvalue weighted by molar-refractivity contribution is 0.0994. The van der Waals surface area contributed by atoms with Gasteiger partial charge in [-0.05, 0) is 31.3 Å². The maximum Gasteiger partial charge on any atom is 0.261 e. The van der Waals surface area contributed by atoms with Crippen molar-refractivity contribution in [1.29, 1.82) is 0 Å². The van der Waals surface area contributed by atoms with Crippen molar-refractivity contribution in [3.63, 3.8) is 0 Å². The molecule has 1 N–H and O–H groups in total. The standard InChI is InChI=1S/C16H18N4O/c1-17-10-11-20-14-8-4-3-7-13(14)19(2)16(21)12-6-5-9-18-15(12)20/h3-9,17H,10-11H2,1-2H3. The molecule has 108 valence electrons. The average Bonchev–Trinajstić information content (AvgIpc) is 2.62. The Morgan fingerprint density at radius 1 is 1.14 bits per heavy atom. The van der Waals surface area contributed by atoms with Crippen molar-refractivity contribution in [3.05, 3.63) is 48.2 Å². The van der Waals surface area contributed by atoms with Gasteiger partial charge in [0.05, 0.1) is 16.9 Å². The highest BCUT2D eigenvalue weighted by Crippen LogP contribution is 2.38. The first-order valence-corrected chi connectivity index (χ1v) is 6.98. The Labute approximate surface area is 124 Å². The molecule has 5 nitrogen and oxygen atoms in total. The number of nitrogens with one attached hydrogen (secondary N) is 1. The van der Waals surface area contributed by atoms with Gasteiger partial charge in [0.2, 0.25) is 0 Å². The van der Waals surface area contributed by atoms with E-state index in [2.05, 4.69) is 15.2 Å². The second-order valence-electron chi connectivity index (χ2n) is 4.98. The van der Waals surface area contributed by atoms with Gasteiger partial charge in [0, 0.05) is 26.3 Å². The van der Waals surface area contributed by atoms with Crippen LogP contribution in [0.25, 0.3) is 0 Å². The molecule has 1 aliphatic heterocycles. The summed E-state index contributed by atoms with van der Waals surface area (Å²) in [7, 11) is 3.72. The number of para-hydroxylation sites is 2. The van der Waals surface area contributed by atoms with Gasteiger partial charge < -0.3 is 15.1 Å².